The molecular formula is C14H19BrN2O. The van der Waals surface area contributed by atoms with Gasteiger partial charge in [0.1, 0.15) is 0 Å². The van der Waals surface area contributed by atoms with E-state index in [0.29, 0.717) is 6.04 Å². The summed E-state index contributed by atoms with van der Waals surface area (Å²) < 4.78 is 6.63. The van der Waals surface area contributed by atoms with Crippen LogP contribution in [0.3, 0.4) is 0 Å². The topological polar surface area (TPSA) is 15.7 Å². The molecule has 2 aliphatic rings. The van der Waals surface area contributed by atoms with Crippen molar-refractivity contribution >= 4 is 21.6 Å². The van der Waals surface area contributed by atoms with Crippen LogP contribution in [0.25, 0.3) is 0 Å². The molecule has 0 radical (unpaired) electrons. The molecule has 2 heterocycles. The number of benzene rings is 1. The third-order valence-corrected chi connectivity index (χ3v) is 4.59. The molecule has 0 N–H and O–H groups in total. The quantitative estimate of drug-likeness (QED) is 0.834. The largest absolute Gasteiger partial charge is 0.379 e. The molecule has 1 atom stereocenters. The highest BCUT2D eigenvalue weighted by Gasteiger charge is 2.29. The summed E-state index contributed by atoms with van der Waals surface area (Å²) in [6.07, 6.45) is 1.27. The fraction of sp³-hybridized carbons (Fsp3) is 0.571. The number of halogens is 1. The number of nitrogens with zero attached hydrogens (tertiary/aromatic N) is 2. The standard InChI is InChI=1S/C14H19BrN2O/c15-13-3-1-2-4-14(13)17-6-5-12(11-17)16-7-9-18-10-8-16/h1-4,12H,5-11H2. The fourth-order valence-electron chi connectivity index (χ4n) is 2.91. The third-order valence-electron chi connectivity index (χ3n) is 3.92. The van der Waals surface area contributed by atoms with E-state index in [-0.39, 0.29) is 0 Å². The molecule has 1 aromatic carbocycles. The Morgan fingerprint density at radius 1 is 1.11 bits per heavy atom. The SMILES string of the molecule is Brc1ccccc1N1CCC(N2CCOCC2)C1. The number of rotatable bonds is 2. The van der Waals surface area contributed by atoms with E-state index in [0.717, 1.165) is 39.4 Å². The van der Waals surface area contributed by atoms with E-state index in [2.05, 4.69) is 50.0 Å². The van der Waals surface area contributed by atoms with E-state index in [1.54, 1.807) is 0 Å². The van der Waals surface area contributed by atoms with Crippen LogP contribution in [-0.2, 0) is 4.74 Å². The first-order valence-electron chi connectivity index (χ1n) is 6.66. The fourth-order valence-corrected chi connectivity index (χ4v) is 3.45. The van der Waals surface area contributed by atoms with Crippen molar-refractivity contribution in [3.8, 4) is 0 Å². The molecule has 0 aliphatic carbocycles. The maximum absolute atomic E-state index is 5.43. The smallest absolute Gasteiger partial charge is 0.0594 e. The molecule has 2 aliphatic heterocycles. The van der Waals surface area contributed by atoms with Crippen LogP contribution in [0, 0.1) is 0 Å². The van der Waals surface area contributed by atoms with Gasteiger partial charge in [0.05, 0.1) is 18.9 Å². The Morgan fingerprint density at radius 3 is 2.67 bits per heavy atom. The predicted molar refractivity (Wildman–Crippen MR) is 77.2 cm³/mol. The lowest BCUT2D eigenvalue weighted by Gasteiger charge is -2.32. The summed E-state index contributed by atoms with van der Waals surface area (Å²) in [5.41, 5.74) is 1.33. The van der Waals surface area contributed by atoms with Gasteiger partial charge in [0.25, 0.3) is 0 Å². The van der Waals surface area contributed by atoms with Gasteiger partial charge in [0.2, 0.25) is 0 Å². The van der Waals surface area contributed by atoms with Gasteiger partial charge in [-0.1, -0.05) is 12.1 Å². The van der Waals surface area contributed by atoms with Gasteiger partial charge in [-0.15, -0.1) is 0 Å². The van der Waals surface area contributed by atoms with Crippen molar-refractivity contribution in [1.82, 2.24) is 4.90 Å². The molecule has 4 heteroatoms. The first-order chi connectivity index (χ1) is 8.84. The Labute approximate surface area is 117 Å². The van der Waals surface area contributed by atoms with Gasteiger partial charge in [-0.2, -0.15) is 0 Å². The number of hydrogen-bond acceptors (Lipinski definition) is 3. The van der Waals surface area contributed by atoms with Gasteiger partial charge >= 0.3 is 0 Å². The molecule has 0 amide bonds. The van der Waals surface area contributed by atoms with Crippen LogP contribution in [0.1, 0.15) is 6.42 Å². The maximum Gasteiger partial charge on any atom is 0.0594 e. The molecule has 0 spiro atoms. The minimum absolute atomic E-state index is 0.695. The molecule has 98 valence electrons. The van der Waals surface area contributed by atoms with E-state index >= 15 is 0 Å². The molecule has 0 bridgehead atoms. The van der Waals surface area contributed by atoms with E-state index < -0.39 is 0 Å². The molecular weight excluding hydrogens is 292 g/mol. The lowest BCUT2D eigenvalue weighted by Crippen LogP contribution is -2.44. The molecule has 2 fully saturated rings. The third kappa shape index (κ3) is 2.56. The summed E-state index contributed by atoms with van der Waals surface area (Å²) in [6, 6.07) is 9.20. The van der Waals surface area contributed by atoms with Crippen LogP contribution in [0.15, 0.2) is 28.7 Å². The predicted octanol–water partition coefficient (Wildman–Crippen LogP) is 2.36. The average Bonchev–Trinajstić information content (AvgIpc) is 2.90. The number of ether oxygens (including phenoxy) is 1. The minimum atomic E-state index is 0.695. The van der Waals surface area contributed by atoms with Crippen molar-refractivity contribution in [3.63, 3.8) is 0 Å². The van der Waals surface area contributed by atoms with Crippen molar-refractivity contribution in [2.24, 2.45) is 0 Å². The van der Waals surface area contributed by atoms with Gasteiger partial charge in [0.15, 0.2) is 0 Å². The van der Waals surface area contributed by atoms with Crippen LogP contribution in [0.4, 0.5) is 5.69 Å². The zero-order valence-corrected chi connectivity index (χ0v) is 12.1. The van der Waals surface area contributed by atoms with Crippen molar-refractivity contribution < 1.29 is 4.74 Å². The summed E-state index contributed by atoms with van der Waals surface area (Å²) in [4.78, 5) is 5.07. The molecule has 1 unspecified atom stereocenters. The molecule has 2 saturated heterocycles. The summed E-state index contributed by atoms with van der Waals surface area (Å²) >= 11 is 3.65. The van der Waals surface area contributed by atoms with Crippen molar-refractivity contribution in [2.45, 2.75) is 12.5 Å². The van der Waals surface area contributed by atoms with Gasteiger partial charge in [-0.25, -0.2) is 0 Å². The van der Waals surface area contributed by atoms with Crippen LogP contribution in [0.5, 0.6) is 0 Å². The summed E-state index contributed by atoms with van der Waals surface area (Å²) in [6.45, 7) is 6.27. The van der Waals surface area contributed by atoms with Crippen LogP contribution in [0.2, 0.25) is 0 Å². The highest BCUT2D eigenvalue weighted by Crippen LogP contribution is 2.29. The van der Waals surface area contributed by atoms with Crippen molar-refractivity contribution in [1.29, 1.82) is 0 Å². The van der Waals surface area contributed by atoms with Gasteiger partial charge in [-0.3, -0.25) is 4.90 Å². The first-order valence-corrected chi connectivity index (χ1v) is 7.45. The van der Waals surface area contributed by atoms with Crippen LogP contribution >= 0.6 is 15.9 Å². The van der Waals surface area contributed by atoms with Gasteiger partial charge in [0, 0.05) is 36.7 Å². The molecule has 1 aromatic rings. The van der Waals surface area contributed by atoms with Crippen LogP contribution < -0.4 is 4.90 Å². The monoisotopic (exact) mass is 310 g/mol. The second-order valence-corrected chi connectivity index (χ2v) is 5.84. The highest BCUT2D eigenvalue weighted by atomic mass is 79.9. The average molecular weight is 311 g/mol. The maximum atomic E-state index is 5.43. The lowest BCUT2D eigenvalue weighted by molar-refractivity contribution is 0.0209. The van der Waals surface area contributed by atoms with Crippen molar-refractivity contribution in [3.05, 3.63) is 28.7 Å². The Hall–Kier alpha value is -0.580. The molecule has 3 rings (SSSR count). The van der Waals surface area contributed by atoms with Gasteiger partial charge < -0.3 is 9.64 Å². The number of para-hydroxylation sites is 1. The lowest BCUT2D eigenvalue weighted by atomic mass is 10.2. The normalized spacial score (nSPS) is 25.6. The zero-order chi connectivity index (χ0) is 12.4. The van der Waals surface area contributed by atoms with Gasteiger partial charge in [-0.05, 0) is 34.5 Å². The molecule has 3 nitrogen and oxygen atoms in total. The molecule has 18 heavy (non-hydrogen) atoms. The zero-order valence-electron chi connectivity index (χ0n) is 10.5. The molecule has 0 aromatic heterocycles. The summed E-state index contributed by atoms with van der Waals surface area (Å²) in [5.74, 6) is 0. The van der Waals surface area contributed by atoms with Crippen molar-refractivity contribution in [2.75, 3.05) is 44.3 Å². The van der Waals surface area contributed by atoms with E-state index in [1.165, 1.54) is 16.6 Å². The Bertz CT molecular complexity index is 407. The first kappa shape index (κ1) is 12.5. The second kappa shape index (κ2) is 5.59. The number of anilines is 1. The molecule has 0 saturated carbocycles. The highest BCUT2D eigenvalue weighted by molar-refractivity contribution is 9.10. The minimum Gasteiger partial charge on any atom is -0.379 e. The Kier molecular flexibility index (Phi) is 3.87. The summed E-state index contributed by atoms with van der Waals surface area (Å²) in [5, 5.41) is 0. The van der Waals surface area contributed by atoms with E-state index in [9.17, 15) is 0 Å². The Balaban J connectivity index is 1.66. The number of morpholine rings is 1. The van der Waals surface area contributed by atoms with E-state index in [4.69, 9.17) is 4.74 Å². The second-order valence-electron chi connectivity index (χ2n) is 4.99. The summed E-state index contributed by atoms with van der Waals surface area (Å²) in [7, 11) is 0. The number of hydrogen-bond donors (Lipinski definition) is 0. The Morgan fingerprint density at radius 2 is 1.89 bits per heavy atom. The van der Waals surface area contributed by atoms with Crippen LogP contribution in [-0.4, -0.2) is 50.3 Å². The van der Waals surface area contributed by atoms with E-state index in [1.807, 2.05) is 0 Å².